The van der Waals surface area contributed by atoms with Gasteiger partial charge < -0.3 is 5.32 Å². The van der Waals surface area contributed by atoms with E-state index in [1.165, 1.54) is 0 Å². The molecule has 1 N–H and O–H groups in total. The van der Waals surface area contributed by atoms with E-state index in [4.69, 9.17) is 0 Å². The first kappa shape index (κ1) is 15.0. The highest BCUT2D eigenvalue weighted by Gasteiger charge is 2.33. The number of rotatable bonds is 7. The number of sulfone groups is 1. The predicted molar refractivity (Wildman–Crippen MR) is 73.0 cm³/mol. The maximum atomic E-state index is 12.1. The van der Waals surface area contributed by atoms with E-state index in [2.05, 4.69) is 26.1 Å². The van der Waals surface area contributed by atoms with Crippen molar-refractivity contribution in [2.45, 2.75) is 64.2 Å². The second kappa shape index (κ2) is 6.74. The van der Waals surface area contributed by atoms with Gasteiger partial charge in [-0.2, -0.15) is 0 Å². The molecule has 0 spiro atoms. The summed E-state index contributed by atoms with van der Waals surface area (Å²) < 4.78 is 24.3. The molecule has 1 fully saturated rings. The first-order valence-corrected chi connectivity index (χ1v) is 8.62. The van der Waals surface area contributed by atoms with Gasteiger partial charge in [0.15, 0.2) is 9.84 Å². The van der Waals surface area contributed by atoms with Crippen LogP contribution < -0.4 is 5.32 Å². The van der Waals surface area contributed by atoms with Crippen molar-refractivity contribution in [1.29, 1.82) is 0 Å². The highest BCUT2D eigenvalue weighted by Crippen LogP contribution is 2.26. The van der Waals surface area contributed by atoms with Crippen molar-refractivity contribution in [2.24, 2.45) is 5.92 Å². The maximum Gasteiger partial charge on any atom is 0.153 e. The van der Waals surface area contributed by atoms with Gasteiger partial charge in [0.2, 0.25) is 0 Å². The zero-order valence-electron chi connectivity index (χ0n) is 11.4. The quantitative estimate of drug-likeness (QED) is 0.765. The molecule has 0 bridgehead atoms. The monoisotopic (exact) mass is 261 g/mol. The summed E-state index contributed by atoms with van der Waals surface area (Å²) in [6.07, 6.45) is 4.60. The van der Waals surface area contributed by atoms with Crippen LogP contribution in [-0.4, -0.2) is 32.0 Å². The van der Waals surface area contributed by atoms with Gasteiger partial charge in [-0.25, -0.2) is 8.42 Å². The minimum atomic E-state index is -2.85. The summed E-state index contributed by atoms with van der Waals surface area (Å²) in [4.78, 5) is 0. The van der Waals surface area contributed by atoms with Gasteiger partial charge in [0.1, 0.15) is 0 Å². The highest BCUT2D eigenvalue weighted by molar-refractivity contribution is 7.92. The Morgan fingerprint density at radius 2 is 2.00 bits per heavy atom. The summed E-state index contributed by atoms with van der Waals surface area (Å²) in [6.45, 7) is 7.30. The van der Waals surface area contributed by atoms with E-state index in [-0.39, 0.29) is 5.25 Å². The number of nitrogens with one attached hydrogen (secondary N) is 1. The summed E-state index contributed by atoms with van der Waals surface area (Å²) in [7, 11) is -2.85. The van der Waals surface area contributed by atoms with E-state index in [9.17, 15) is 8.42 Å². The maximum absolute atomic E-state index is 12.1. The van der Waals surface area contributed by atoms with Crippen LogP contribution in [0.1, 0.15) is 52.9 Å². The Balaban J connectivity index is 2.41. The summed E-state index contributed by atoms with van der Waals surface area (Å²) >= 11 is 0. The van der Waals surface area contributed by atoms with Crippen molar-refractivity contribution < 1.29 is 8.42 Å². The van der Waals surface area contributed by atoms with Gasteiger partial charge in [0, 0.05) is 6.04 Å². The molecule has 0 aromatic heterocycles. The molecule has 0 heterocycles. The van der Waals surface area contributed by atoms with E-state index in [0.717, 1.165) is 38.6 Å². The van der Waals surface area contributed by atoms with Gasteiger partial charge >= 0.3 is 0 Å². The molecule has 1 rings (SSSR count). The fraction of sp³-hybridized carbons (Fsp3) is 1.00. The molecule has 0 radical (unpaired) electrons. The topological polar surface area (TPSA) is 46.2 Å². The first-order chi connectivity index (χ1) is 7.95. The van der Waals surface area contributed by atoms with Crippen LogP contribution in [0.5, 0.6) is 0 Å². The lowest BCUT2D eigenvalue weighted by molar-refractivity contribution is 0.519. The molecule has 0 saturated heterocycles. The Hall–Kier alpha value is -0.0900. The Kier molecular flexibility index (Phi) is 5.93. The van der Waals surface area contributed by atoms with Crippen molar-refractivity contribution in [3.05, 3.63) is 0 Å². The fourth-order valence-electron chi connectivity index (χ4n) is 2.37. The third kappa shape index (κ3) is 4.96. The normalized spacial score (nSPS) is 25.6. The molecule has 102 valence electrons. The zero-order chi connectivity index (χ0) is 12.9. The van der Waals surface area contributed by atoms with Crippen LogP contribution in [0.4, 0.5) is 0 Å². The van der Waals surface area contributed by atoms with Crippen LogP contribution in [0, 0.1) is 5.92 Å². The second-order valence-electron chi connectivity index (χ2n) is 5.64. The van der Waals surface area contributed by atoms with E-state index in [1.807, 2.05) is 0 Å². The SMILES string of the molecule is CCCNC1CCC(S(=O)(=O)CCC(C)C)C1. The second-order valence-corrected chi connectivity index (χ2v) is 8.04. The van der Waals surface area contributed by atoms with Gasteiger partial charge in [-0.15, -0.1) is 0 Å². The van der Waals surface area contributed by atoms with E-state index in [1.54, 1.807) is 0 Å². The molecule has 0 aliphatic heterocycles. The minimum Gasteiger partial charge on any atom is -0.314 e. The van der Waals surface area contributed by atoms with Crippen molar-refractivity contribution in [2.75, 3.05) is 12.3 Å². The molecule has 0 aromatic carbocycles. The van der Waals surface area contributed by atoms with Crippen LogP contribution in [-0.2, 0) is 9.84 Å². The van der Waals surface area contributed by atoms with Crippen LogP contribution in [0.2, 0.25) is 0 Å². The molecule has 17 heavy (non-hydrogen) atoms. The molecule has 0 aromatic rings. The molecule has 1 aliphatic carbocycles. The Bertz CT molecular complexity index is 311. The third-order valence-corrected chi connectivity index (χ3v) is 5.80. The fourth-order valence-corrected chi connectivity index (χ4v) is 4.52. The smallest absolute Gasteiger partial charge is 0.153 e. The van der Waals surface area contributed by atoms with E-state index in [0.29, 0.717) is 17.7 Å². The molecule has 4 heteroatoms. The van der Waals surface area contributed by atoms with Gasteiger partial charge in [-0.05, 0) is 44.6 Å². The molecule has 1 saturated carbocycles. The Morgan fingerprint density at radius 1 is 1.29 bits per heavy atom. The average molecular weight is 261 g/mol. The molecule has 1 aliphatic rings. The molecular formula is C13H27NO2S. The Morgan fingerprint density at radius 3 is 2.59 bits per heavy atom. The van der Waals surface area contributed by atoms with E-state index < -0.39 is 9.84 Å². The van der Waals surface area contributed by atoms with Gasteiger partial charge in [-0.3, -0.25) is 0 Å². The van der Waals surface area contributed by atoms with E-state index >= 15 is 0 Å². The number of hydrogen-bond acceptors (Lipinski definition) is 3. The van der Waals surface area contributed by atoms with Crippen LogP contribution in [0.3, 0.4) is 0 Å². The minimum absolute atomic E-state index is 0.0874. The largest absolute Gasteiger partial charge is 0.314 e. The lowest BCUT2D eigenvalue weighted by atomic mass is 10.2. The zero-order valence-corrected chi connectivity index (χ0v) is 12.2. The van der Waals surface area contributed by atoms with Crippen LogP contribution in [0.25, 0.3) is 0 Å². The van der Waals surface area contributed by atoms with Gasteiger partial charge in [-0.1, -0.05) is 20.8 Å². The molecule has 2 unspecified atom stereocenters. The standard InChI is InChI=1S/C13H27NO2S/c1-4-8-14-12-5-6-13(10-12)17(15,16)9-7-11(2)3/h11-14H,4-10H2,1-3H3. The summed E-state index contributed by atoms with van der Waals surface area (Å²) in [5.41, 5.74) is 0. The lowest BCUT2D eigenvalue weighted by Crippen LogP contribution is -2.29. The van der Waals surface area contributed by atoms with Crippen molar-refractivity contribution >= 4 is 9.84 Å². The molecule has 2 atom stereocenters. The van der Waals surface area contributed by atoms with Crippen LogP contribution >= 0.6 is 0 Å². The third-order valence-electron chi connectivity index (χ3n) is 3.56. The lowest BCUT2D eigenvalue weighted by Gasteiger charge is -2.14. The molecule has 3 nitrogen and oxygen atoms in total. The average Bonchev–Trinajstić information content (AvgIpc) is 2.73. The molecular weight excluding hydrogens is 234 g/mol. The van der Waals surface area contributed by atoms with Crippen molar-refractivity contribution in [3.63, 3.8) is 0 Å². The number of hydrogen-bond donors (Lipinski definition) is 1. The summed E-state index contributed by atoms with van der Waals surface area (Å²) in [6, 6.07) is 0.425. The predicted octanol–water partition coefficient (Wildman–Crippen LogP) is 2.37. The van der Waals surface area contributed by atoms with Crippen molar-refractivity contribution in [1.82, 2.24) is 5.32 Å². The van der Waals surface area contributed by atoms with Gasteiger partial charge in [0.05, 0.1) is 11.0 Å². The summed E-state index contributed by atoms with van der Waals surface area (Å²) in [5.74, 6) is 0.843. The Labute approximate surface area is 106 Å². The van der Waals surface area contributed by atoms with Crippen molar-refractivity contribution in [3.8, 4) is 0 Å². The van der Waals surface area contributed by atoms with Crippen LogP contribution in [0.15, 0.2) is 0 Å². The summed E-state index contributed by atoms with van der Waals surface area (Å²) in [5, 5.41) is 3.35. The first-order valence-electron chi connectivity index (χ1n) is 6.90. The highest BCUT2D eigenvalue weighted by atomic mass is 32.2. The van der Waals surface area contributed by atoms with Gasteiger partial charge in [0.25, 0.3) is 0 Å². The molecule has 0 amide bonds.